The number of alkyl halides is 1. The van der Waals surface area contributed by atoms with E-state index in [-0.39, 0.29) is 17.7 Å². The van der Waals surface area contributed by atoms with Crippen molar-refractivity contribution < 1.29 is 8.78 Å². The molecule has 0 amide bonds. The molecular formula is C13H17F2N. The minimum Gasteiger partial charge on any atom is -0.316 e. The summed E-state index contributed by atoms with van der Waals surface area (Å²) in [6.45, 7) is 4.77. The van der Waals surface area contributed by atoms with Crippen LogP contribution in [0.3, 0.4) is 0 Å². The second kappa shape index (κ2) is 4.13. The van der Waals surface area contributed by atoms with Gasteiger partial charge in [-0.25, -0.2) is 8.78 Å². The summed E-state index contributed by atoms with van der Waals surface area (Å²) in [7, 11) is 0. The minimum absolute atomic E-state index is 0.232. The van der Waals surface area contributed by atoms with Gasteiger partial charge in [0.25, 0.3) is 0 Å². The first-order chi connectivity index (χ1) is 7.48. The quantitative estimate of drug-likeness (QED) is 0.834. The molecule has 1 nitrogen and oxygen atoms in total. The van der Waals surface area contributed by atoms with Crippen LogP contribution in [0.1, 0.15) is 25.3 Å². The largest absolute Gasteiger partial charge is 0.316 e. The van der Waals surface area contributed by atoms with Gasteiger partial charge in [0.2, 0.25) is 0 Å². The Morgan fingerprint density at radius 1 is 1.38 bits per heavy atom. The zero-order valence-corrected chi connectivity index (χ0v) is 9.63. The molecule has 0 radical (unpaired) electrons. The number of benzene rings is 1. The van der Waals surface area contributed by atoms with E-state index in [1.54, 1.807) is 19.9 Å². The molecule has 1 aromatic carbocycles. The summed E-state index contributed by atoms with van der Waals surface area (Å²) >= 11 is 0. The van der Waals surface area contributed by atoms with Gasteiger partial charge in [0, 0.05) is 5.92 Å². The fourth-order valence-corrected chi connectivity index (χ4v) is 2.48. The van der Waals surface area contributed by atoms with Gasteiger partial charge in [-0.3, -0.25) is 0 Å². The number of rotatable bonds is 3. The predicted molar refractivity (Wildman–Crippen MR) is 60.7 cm³/mol. The lowest BCUT2D eigenvalue weighted by molar-refractivity contribution is 0.107. The van der Waals surface area contributed by atoms with Crippen LogP contribution >= 0.6 is 0 Å². The van der Waals surface area contributed by atoms with Crippen LogP contribution in [0, 0.1) is 11.7 Å². The second-order valence-corrected chi connectivity index (χ2v) is 5.02. The Bertz CT molecular complexity index is 366. The van der Waals surface area contributed by atoms with Gasteiger partial charge in [0.15, 0.2) is 0 Å². The molecule has 1 atom stereocenters. The van der Waals surface area contributed by atoms with Crippen LogP contribution in [0.25, 0.3) is 0 Å². The van der Waals surface area contributed by atoms with Gasteiger partial charge < -0.3 is 5.32 Å². The maximum atomic E-state index is 14.2. The molecule has 1 heterocycles. The Morgan fingerprint density at radius 2 is 2.06 bits per heavy atom. The minimum atomic E-state index is -1.32. The van der Waals surface area contributed by atoms with Crippen molar-refractivity contribution in [3.63, 3.8) is 0 Å². The smallest absolute Gasteiger partial charge is 0.123 e. The highest BCUT2D eigenvalue weighted by Gasteiger charge is 2.39. The van der Waals surface area contributed by atoms with E-state index < -0.39 is 5.67 Å². The van der Waals surface area contributed by atoms with Crippen LogP contribution < -0.4 is 5.32 Å². The van der Waals surface area contributed by atoms with Crippen molar-refractivity contribution in [3.8, 4) is 0 Å². The first kappa shape index (κ1) is 11.5. The molecule has 16 heavy (non-hydrogen) atoms. The van der Waals surface area contributed by atoms with E-state index in [2.05, 4.69) is 5.32 Å². The summed E-state index contributed by atoms with van der Waals surface area (Å²) in [5, 5.41) is 3.14. The SMILES string of the molecule is CC(C)(F)C(c1cccc(F)c1)C1CNC1. The summed E-state index contributed by atoms with van der Waals surface area (Å²) in [5.74, 6) is -0.259. The zero-order valence-electron chi connectivity index (χ0n) is 9.63. The van der Waals surface area contributed by atoms with Crippen LogP contribution in [0.4, 0.5) is 8.78 Å². The molecule has 0 spiro atoms. The number of halogens is 2. The Hall–Kier alpha value is -0.960. The highest BCUT2D eigenvalue weighted by molar-refractivity contribution is 5.25. The van der Waals surface area contributed by atoms with Gasteiger partial charge >= 0.3 is 0 Å². The second-order valence-electron chi connectivity index (χ2n) is 5.02. The molecule has 0 aromatic heterocycles. The highest BCUT2D eigenvalue weighted by Crippen LogP contribution is 2.39. The van der Waals surface area contributed by atoms with Crippen molar-refractivity contribution in [3.05, 3.63) is 35.6 Å². The van der Waals surface area contributed by atoms with Crippen molar-refractivity contribution in [2.75, 3.05) is 13.1 Å². The lowest BCUT2D eigenvalue weighted by atomic mass is 9.74. The standard InChI is InChI=1S/C13H17F2N/c1-13(2,15)12(10-7-16-8-10)9-4-3-5-11(14)6-9/h3-6,10,12,16H,7-8H2,1-2H3. The molecule has 0 saturated carbocycles. The normalized spacial score (nSPS) is 19.2. The van der Waals surface area contributed by atoms with Gasteiger partial charge in [-0.1, -0.05) is 12.1 Å². The third-order valence-corrected chi connectivity index (χ3v) is 3.23. The lowest BCUT2D eigenvalue weighted by Crippen LogP contribution is -2.49. The Morgan fingerprint density at radius 3 is 2.50 bits per heavy atom. The molecule has 1 N–H and O–H groups in total. The summed E-state index contributed by atoms with van der Waals surface area (Å²) < 4.78 is 27.4. The molecule has 1 aliphatic heterocycles. The summed E-state index contributed by atoms with van der Waals surface area (Å²) in [6, 6.07) is 6.30. The summed E-state index contributed by atoms with van der Waals surface area (Å²) in [5.41, 5.74) is -0.556. The van der Waals surface area contributed by atoms with Crippen LogP contribution in [0.2, 0.25) is 0 Å². The molecule has 1 fully saturated rings. The third-order valence-electron chi connectivity index (χ3n) is 3.23. The van der Waals surface area contributed by atoms with E-state index in [0.717, 1.165) is 18.7 Å². The third kappa shape index (κ3) is 2.24. The first-order valence-corrected chi connectivity index (χ1v) is 5.63. The van der Waals surface area contributed by atoms with Crippen molar-refractivity contribution in [2.45, 2.75) is 25.4 Å². The number of hydrogen-bond acceptors (Lipinski definition) is 1. The molecule has 1 aliphatic rings. The van der Waals surface area contributed by atoms with E-state index >= 15 is 0 Å². The van der Waals surface area contributed by atoms with Crippen molar-refractivity contribution in [2.24, 2.45) is 5.92 Å². The van der Waals surface area contributed by atoms with E-state index in [1.807, 2.05) is 6.07 Å². The number of nitrogens with one attached hydrogen (secondary N) is 1. The Balaban J connectivity index is 2.31. The molecule has 2 rings (SSSR count). The predicted octanol–water partition coefficient (Wildman–Crippen LogP) is 2.88. The fourth-order valence-electron chi connectivity index (χ4n) is 2.48. The van der Waals surface area contributed by atoms with Gasteiger partial charge in [-0.2, -0.15) is 0 Å². The van der Waals surface area contributed by atoms with E-state index in [0.29, 0.717) is 0 Å². The lowest BCUT2D eigenvalue weighted by Gasteiger charge is -2.40. The fraction of sp³-hybridized carbons (Fsp3) is 0.538. The first-order valence-electron chi connectivity index (χ1n) is 5.63. The summed E-state index contributed by atoms with van der Waals surface area (Å²) in [6.07, 6.45) is 0. The monoisotopic (exact) mass is 225 g/mol. The molecule has 1 saturated heterocycles. The molecule has 88 valence electrons. The molecule has 1 aromatic rings. The van der Waals surface area contributed by atoms with Crippen molar-refractivity contribution >= 4 is 0 Å². The van der Waals surface area contributed by atoms with Crippen LogP contribution in [-0.2, 0) is 0 Å². The van der Waals surface area contributed by atoms with Crippen LogP contribution in [-0.4, -0.2) is 18.8 Å². The number of hydrogen-bond donors (Lipinski definition) is 1. The molecular weight excluding hydrogens is 208 g/mol. The molecule has 1 unspecified atom stereocenters. The van der Waals surface area contributed by atoms with Gasteiger partial charge in [-0.05, 0) is 50.6 Å². The van der Waals surface area contributed by atoms with Gasteiger partial charge in [-0.15, -0.1) is 0 Å². The van der Waals surface area contributed by atoms with Crippen LogP contribution in [0.5, 0.6) is 0 Å². The van der Waals surface area contributed by atoms with Gasteiger partial charge in [0.1, 0.15) is 11.5 Å². The van der Waals surface area contributed by atoms with Crippen LogP contribution in [0.15, 0.2) is 24.3 Å². The molecule has 0 aliphatic carbocycles. The van der Waals surface area contributed by atoms with E-state index in [1.165, 1.54) is 12.1 Å². The average Bonchev–Trinajstić information content (AvgIpc) is 2.08. The topological polar surface area (TPSA) is 12.0 Å². The van der Waals surface area contributed by atoms with Gasteiger partial charge in [0.05, 0.1) is 0 Å². The zero-order chi connectivity index (χ0) is 11.8. The van der Waals surface area contributed by atoms with E-state index in [4.69, 9.17) is 0 Å². The van der Waals surface area contributed by atoms with Crippen molar-refractivity contribution in [1.29, 1.82) is 0 Å². The maximum Gasteiger partial charge on any atom is 0.123 e. The molecule has 3 heteroatoms. The van der Waals surface area contributed by atoms with Crippen molar-refractivity contribution in [1.82, 2.24) is 5.32 Å². The highest BCUT2D eigenvalue weighted by atomic mass is 19.1. The van der Waals surface area contributed by atoms with E-state index in [9.17, 15) is 8.78 Å². The maximum absolute atomic E-state index is 14.2. The summed E-state index contributed by atoms with van der Waals surface area (Å²) in [4.78, 5) is 0. The molecule has 0 bridgehead atoms. The Kier molecular flexibility index (Phi) is 2.98. The average molecular weight is 225 g/mol. The Labute approximate surface area is 94.9 Å².